The van der Waals surface area contributed by atoms with Gasteiger partial charge in [-0.2, -0.15) is 0 Å². The van der Waals surface area contributed by atoms with E-state index in [9.17, 15) is 9.59 Å². The molecule has 2 rings (SSSR count). The molecule has 4 N–H and O–H groups in total. The second-order valence-corrected chi connectivity index (χ2v) is 4.96. The Hall–Kier alpha value is -1.53. The van der Waals surface area contributed by atoms with Gasteiger partial charge in [-0.1, -0.05) is 0 Å². The zero-order valence-corrected chi connectivity index (χ0v) is 10.7. The minimum absolute atomic E-state index is 0.0341. The number of fused-ring (bicyclic) bond motifs is 1. The lowest BCUT2D eigenvalue weighted by atomic mass is 10.2. The van der Waals surface area contributed by atoms with Crippen molar-refractivity contribution in [2.75, 3.05) is 24.2 Å². The molecule has 2 amide bonds. The van der Waals surface area contributed by atoms with Gasteiger partial charge in [0.15, 0.2) is 0 Å². The highest BCUT2D eigenvalue weighted by atomic mass is 32.2. The number of benzene rings is 1. The Labute approximate surface area is 110 Å². The molecule has 96 valence electrons. The summed E-state index contributed by atoms with van der Waals surface area (Å²) in [4.78, 5) is 24.1. The standard InChI is InChI=1S/C12H15N3O2S/c13-4-1-5-14-12(17)8-2-3-10-9(6-8)15-11(16)7-18-10/h2-3,6H,1,4-5,7,13H2,(H,14,17)(H,15,16). The number of thioether (sulfide) groups is 1. The minimum Gasteiger partial charge on any atom is -0.352 e. The number of hydrogen-bond acceptors (Lipinski definition) is 4. The van der Waals surface area contributed by atoms with Crippen molar-refractivity contribution in [2.45, 2.75) is 11.3 Å². The summed E-state index contributed by atoms with van der Waals surface area (Å²) in [5, 5.41) is 5.54. The Morgan fingerprint density at radius 1 is 1.50 bits per heavy atom. The molecular formula is C12H15N3O2S. The maximum absolute atomic E-state index is 11.8. The number of anilines is 1. The first-order valence-corrected chi connectivity index (χ1v) is 6.74. The van der Waals surface area contributed by atoms with Crippen LogP contribution in [0.4, 0.5) is 5.69 Å². The van der Waals surface area contributed by atoms with E-state index in [0.29, 0.717) is 30.1 Å². The van der Waals surface area contributed by atoms with Gasteiger partial charge >= 0.3 is 0 Å². The van der Waals surface area contributed by atoms with Gasteiger partial charge in [-0.3, -0.25) is 9.59 Å². The molecule has 0 bridgehead atoms. The maximum Gasteiger partial charge on any atom is 0.251 e. The van der Waals surface area contributed by atoms with Crippen molar-refractivity contribution in [3.8, 4) is 0 Å². The Morgan fingerprint density at radius 3 is 3.11 bits per heavy atom. The number of nitrogens with two attached hydrogens (primary N) is 1. The van der Waals surface area contributed by atoms with E-state index in [1.165, 1.54) is 11.8 Å². The second kappa shape index (κ2) is 5.88. The van der Waals surface area contributed by atoms with Gasteiger partial charge in [-0.15, -0.1) is 11.8 Å². The van der Waals surface area contributed by atoms with E-state index < -0.39 is 0 Å². The second-order valence-electron chi connectivity index (χ2n) is 3.95. The molecule has 0 saturated carbocycles. The first-order chi connectivity index (χ1) is 8.70. The highest BCUT2D eigenvalue weighted by Gasteiger charge is 2.16. The molecule has 5 nitrogen and oxygen atoms in total. The molecule has 1 aliphatic heterocycles. The fraction of sp³-hybridized carbons (Fsp3) is 0.333. The molecule has 0 unspecified atom stereocenters. The number of amides is 2. The van der Waals surface area contributed by atoms with Gasteiger partial charge in [0.25, 0.3) is 5.91 Å². The molecule has 6 heteroatoms. The van der Waals surface area contributed by atoms with E-state index in [0.717, 1.165) is 11.3 Å². The van der Waals surface area contributed by atoms with E-state index in [2.05, 4.69) is 10.6 Å². The van der Waals surface area contributed by atoms with Crippen molar-refractivity contribution >= 4 is 29.3 Å². The van der Waals surface area contributed by atoms with Crippen molar-refractivity contribution in [3.05, 3.63) is 23.8 Å². The van der Waals surface area contributed by atoms with Crippen LogP contribution in [0.25, 0.3) is 0 Å². The fourth-order valence-corrected chi connectivity index (χ4v) is 2.42. The number of nitrogens with one attached hydrogen (secondary N) is 2. The van der Waals surface area contributed by atoms with Crippen LogP contribution >= 0.6 is 11.8 Å². The molecule has 0 fully saturated rings. The van der Waals surface area contributed by atoms with Crippen molar-refractivity contribution in [3.63, 3.8) is 0 Å². The Balaban J connectivity index is 2.08. The summed E-state index contributed by atoms with van der Waals surface area (Å²) in [6.45, 7) is 1.12. The van der Waals surface area contributed by atoms with Crippen LogP contribution in [0, 0.1) is 0 Å². The van der Waals surface area contributed by atoms with Crippen LogP contribution < -0.4 is 16.4 Å². The van der Waals surface area contributed by atoms with Crippen LogP contribution in [0.2, 0.25) is 0 Å². The summed E-state index contributed by atoms with van der Waals surface area (Å²) >= 11 is 1.48. The molecule has 1 aromatic rings. The van der Waals surface area contributed by atoms with E-state index in [-0.39, 0.29) is 11.8 Å². The van der Waals surface area contributed by atoms with Crippen molar-refractivity contribution in [1.29, 1.82) is 0 Å². The number of rotatable bonds is 4. The number of carbonyl (C=O) groups is 2. The SMILES string of the molecule is NCCCNC(=O)c1ccc2c(c1)NC(=O)CS2. The summed E-state index contributed by atoms with van der Waals surface area (Å²) in [6, 6.07) is 5.33. The molecule has 1 aromatic carbocycles. The first-order valence-electron chi connectivity index (χ1n) is 5.75. The van der Waals surface area contributed by atoms with Crippen molar-refractivity contribution in [2.24, 2.45) is 5.73 Å². The highest BCUT2D eigenvalue weighted by Crippen LogP contribution is 2.31. The molecule has 18 heavy (non-hydrogen) atoms. The summed E-state index contributed by atoms with van der Waals surface area (Å²) in [5.74, 6) is 0.249. The Kier molecular flexibility index (Phi) is 4.22. The molecule has 1 aliphatic rings. The third-order valence-corrected chi connectivity index (χ3v) is 3.61. The van der Waals surface area contributed by atoms with E-state index >= 15 is 0 Å². The average molecular weight is 265 g/mol. The van der Waals surface area contributed by atoms with Crippen LogP contribution in [0.1, 0.15) is 16.8 Å². The Morgan fingerprint density at radius 2 is 2.33 bits per heavy atom. The predicted octanol–water partition coefficient (Wildman–Crippen LogP) is 0.809. The molecular weight excluding hydrogens is 250 g/mol. The lowest BCUT2D eigenvalue weighted by Crippen LogP contribution is -2.26. The Bertz CT molecular complexity index is 476. The smallest absolute Gasteiger partial charge is 0.251 e. The predicted molar refractivity (Wildman–Crippen MR) is 71.8 cm³/mol. The molecule has 0 atom stereocenters. The van der Waals surface area contributed by atoms with E-state index in [1.54, 1.807) is 12.1 Å². The zero-order valence-electron chi connectivity index (χ0n) is 9.86. The van der Waals surface area contributed by atoms with E-state index in [4.69, 9.17) is 5.73 Å². The molecule has 1 heterocycles. The lowest BCUT2D eigenvalue weighted by molar-refractivity contribution is -0.113. The van der Waals surface area contributed by atoms with Crippen LogP contribution in [0.3, 0.4) is 0 Å². The normalized spacial score (nSPS) is 13.7. The topological polar surface area (TPSA) is 84.2 Å². The maximum atomic E-state index is 11.8. The van der Waals surface area contributed by atoms with Crippen molar-refractivity contribution in [1.82, 2.24) is 5.32 Å². The summed E-state index contributed by atoms with van der Waals surface area (Å²) in [6.07, 6.45) is 0.753. The monoisotopic (exact) mass is 265 g/mol. The molecule has 0 aromatic heterocycles. The summed E-state index contributed by atoms with van der Waals surface area (Å²) < 4.78 is 0. The van der Waals surface area contributed by atoms with Crippen LogP contribution in [0.5, 0.6) is 0 Å². The summed E-state index contributed by atoms with van der Waals surface area (Å²) in [5.41, 5.74) is 6.62. The first kappa shape index (κ1) is 12.9. The average Bonchev–Trinajstić information content (AvgIpc) is 2.38. The zero-order chi connectivity index (χ0) is 13.0. The van der Waals surface area contributed by atoms with Crippen molar-refractivity contribution < 1.29 is 9.59 Å². The molecule has 0 spiro atoms. The van der Waals surface area contributed by atoms with Crippen LogP contribution in [0.15, 0.2) is 23.1 Å². The third kappa shape index (κ3) is 3.02. The van der Waals surface area contributed by atoms with Gasteiger partial charge in [-0.05, 0) is 31.2 Å². The quantitative estimate of drug-likeness (QED) is 0.703. The largest absolute Gasteiger partial charge is 0.352 e. The van der Waals surface area contributed by atoms with Gasteiger partial charge in [0.1, 0.15) is 0 Å². The minimum atomic E-state index is -0.143. The van der Waals surface area contributed by atoms with Crippen LogP contribution in [-0.2, 0) is 4.79 Å². The van der Waals surface area contributed by atoms with Crippen LogP contribution in [-0.4, -0.2) is 30.7 Å². The lowest BCUT2D eigenvalue weighted by Gasteiger charge is -2.16. The molecule has 0 aliphatic carbocycles. The van der Waals surface area contributed by atoms with E-state index in [1.807, 2.05) is 6.07 Å². The highest BCUT2D eigenvalue weighted by molar-refractivity contribution is 8.00. The molecule has 0 radical (unpaired) electrons. The number of carbonyl (C=O) groups excluding carboxylic acids is 2. The summed E-state index contributed by atoms with van der Waals surface area (Å²) in [7, 11) is 0. The third-order valence-electron chi connectivity index (χ3n) is 2.54. The van der Waals surface area contributed by atoms with Gasteiger partial charge in [-0.25, -0.2) is 0 Å². The number of hydrogen-bond donors (Lipinski definition) is 3. The van der Waals surface area contributed by atoms with Gasteiger partial charge in [0, 0.05) is 17.0 Å². The van der Waals surface area contributed by atoms with Gasteiger partial charge in [0.2, 0.25) is 5.91 Å². The van der Waals surface area contributed by atoms with Gasteiger partial charge in [0.05, 0.1) is 11.4 Å². The fourth-order valence-electron chi connectivity index (χ4n) is 1.63. The van der Waals surface area contributed by atoms with Gasteiger partial charge < -0.3 is 16.4 Å². The molecule has 0 saturated heterocycles.